The second-order valence-corrected chi connectivity index (χ2v) is 6.82. The standard InChI is InChI=1S/C18H30N4S/c1-3-19-18(20-10-7-15-23-2)22-13-11-21(12-14-22)16-17-8-5-4-6-9-17/h4-6,8-9H,3,7,10-16H2,1-2H3,(H,19,20). The lowest BCUT2D eigenvalue weighted by Crippen LogP contribution is -2.52. The van der Waals surface area contributed by atoms with Gasteiger partial charge in [0.15, 0.2) is 5.96 Å². The van der Waals surface area contributed by atoms with Crippen molar-refractivity contribution in [2.75, 3.05) is 51.3 Å². The summed E-state index contributed by atoms with van der Waals surface area (Å²) in [7, 11) is 0. The summed E-state index contributed by atoms with van der Waals surface area (Å²) in [6.45, 7) is 9.37. The molecule has 23 heavy (non-hydrogen) atoms. The smallest absolute Gasteiger partial charge is 0.194 e. The van der Waals surface area contributed by atoms with Crippen molar-refractivity contribution < 1.29 is 0 Å². The molecule has 1 aliphatic rings. The van der Waals surface area contributed by atoms with Crippen LogP contribution in [0.25, 0.3) is 0 Å². The molecule has 0 unspecified atom stereocenters. The molecule has 0 aliphatic carbocycles. The van der Waals surface area contributed by atoms with Gasteiger partial charge in [0.2, 0.25) is 0 Å². The Labute approximate surface area is 145 Å². The van der Waals surface area contributed by atoms with Gasteiger partial charge in [0.05, 0.1) is 0 Å². The fourth-order valence-corrected chi connectivity index (χ4v) is 3.20. The van der Waals surface area contributed by atoms with Gasteiger partial charge in [-0.25, -0.2) is 0 Å². The molecule has 0 spiro atoms. The molecule has 128 valence electrons. The normalized spacial score (nSPS) is 16.6. The minimum absolute atomic E-state index is 0.924. The number of piperazine rings is 1. The quantitative estimate of drug-likeness (QED) is 0.472. The zero-order chi connectivity index (χ0) is 16.3. The molecule has 4 nitrogen and oxygen atoms in total. The van der Waals surface area contributed by atoms with E-state index in [1.807, 2.05) is 11.8 Å². The zero-order valence-corrected chi connectivity index (χ0v) is 15.3. The minimum atomic E-state index is 0.924. The number of nitrogens with one attached hydrogen (secondary N) is 1. The number of hydrogen-bond acceptors (Lipinski definition) is 3. The molecule has 0 radical (unpaired) electrons. The Balaban J connectivity index is 1.80. The highest BCUT2D eigenvalue weighted by Gasteiger charge is 2.19. The summed E-state index contributed by atoms with van der Waals surface area (Å²) in [4.78, 5) is 9.72. The third-order valence-electron chi connectivity index (χ3n) is 4.02. The van der Waals surface area contributed by atoms with Crippen molar-refractivity contribution in [1.29, 1.82) is 0 Å². The van der Waals surface area contributed by atoms with E-state index in [1.54, 1.807) is 0 Å². The van der Waals surface area contributed by atoms with Crippen molar-refractivity contribution in [2.45, 2.75) is 19.9 Å². The monoisotopic (exact) mass is 334 g/mol. The van der Waals surface area contributed by atoms with Crippen LogP contribution < -0.4 is 5.32 Å². The Kier molecular flexibility index (Phi) is 8.32. The Hall–Kier alpha value is -1.20. The van der Waals surface area contributed by atoms with E-state index in [9.17, 15) is 0 Å². The number of rotatable bonds is 7. The van der Waals surface area contributed by atoms with Gasteiger partial charge in [0.1, 0.15) is 0 Å². The highest BCUT2D eigenvalue weighted by atomic mass is 32.2. The van der Waals surface area contributed by atoms with E-state index in [0.717, 1.165) is 58.2 Å². The highest BCUT2D eigenvalue weighted by molar-refractivity contribution is 7.98. The summed E-state index contributed by atoms with van der Waals surface area (Å²) in [5.41, 5.74) is 1.40. The maximum Gasteiger partial charge on any atom is 0.194 e. The van der Waals surface area contributed by atoms with Crippen LogP contribution in [-0.2, 0) is 6.54 Å². The number of aliphatic imine (C=N–C) groups is 1. The first-order valence-corrected chi connectivity index (χ1v) is 10.0. The van der Waals surface area contributed by atoms with Crippen LogP contribution in [0, 0.1) is 0 Å². The first-order chi connectivity index (χ1) is 11.3. The van der Waals surface area contributed by atoms with Crippen molar-refractivity contribution in [1.82, 2.24) is 15.1 Å². The van der Waals surface area contributed by atoms with E-state index >= 15 is 0 Å². The van der Waals surface area contributed by atoms with Crippen molar-refractivity contribution in [3.63, 3.8) is 0 Å². The van der Waals surface area contributed by atoms with Crippen molar-refractivity contribution >= 4 is 17.7 Å². The molecule has 1 aromatic rings. The lowest BCUT2D eigenvalue weighted by Gasteiger charge is -2.36. The maximum atomic E-state index is 4.78. The molecule has 1 saturated heterocycles. The van der Waals surface area contributed by atoms with Gasteiger partial charge in [0, 0.05) is 45.8 Å². The Bertz CT molecular complexity index is 455. The molecule has 0 bridgehead atoms. The van der Waals surface area contributed by atoms with Gasteiger partial charge in [-0.05, 0) is 30.9 Å². The topological polar surface area (TPSA) is 30.9 Å². The van der Waals surface area contributed by atoms with Crippen LogP contribution in [0.2, 0.25) is 0 Å². The van der Waals surface area contributed by atoms with Gasteiger partial charge < -0.3 is 10.2 Å². The molecule has 0 amide bonds. The Morgan fingerprint density at radius 3 is 2.57 bits per heavy atom. The molecule has 2 rings (SSSR count). The summed E-state index contributed by atoms with van der Waals surface area (Å²) in [6, 6.07) is 10.7. The largest absolute Gasteiger partial charge is 0.357 e. The summed E-state index contributed by atoms with van der Waals surface area (Å²) in [5.74, 6) is 2.28. The summed E-state index contributed by atoms with van der Waals surface area (Å²) in [5, 5.41) is 3.44. The highest BCUT2D eigenvalue weighted by Crippen LogP contribution is 2.08. The van der Waals surface area contributed by atoms with Gasteiger partial charge in [-0.15, -0.1) is 0 Å². The molecular formula is C18H30N4S. The second-order valence-electron chi connectivity index (χ2n) is 5.83. The van der Waals surface area contributed by atoms with E-state index in [2.05, 4.69) is 58.6 Å². The molecule has 1 heterocycles. The Morgan fingerprint density at radius 2 is 1.91 bits per heavy atom. The summed E-state index contributed by atoms with van der Waals surface area (Å²) in [6.07, 6.45) is 3.31. The molecule has 0 saturated carbocycles. The fourth-order valence-electron chi connectivity index (χ4n) is 2.78. The number of hydrogen-bond donors (Lipinski definition) is 1. The van der Waals surface area contributed by atoms with E-state index in [4.69, 9.17) is 4.99 Å². The van der Waals surface area contributed by atoms with Crippen LogP contribution >= 0.6 is 11.8 Å². The molecule has 1 aliphatic heterocycles. The molecule has 1 fully saturated rings. The first kappa shape index (κ1) is 18.1. The van der Waals surface area contributed by atoms with Gasteiger partial charge in [-0.2, -0.15) is 11.8 Å². The van der Waals surface area contributed by atoms with Gasteiger partial charge in [-0.3, -0.25) is 9.89 Å². The van der Waals surface area contributed by atoms with Crippen LogP contribution in [0.15, 0.2) is 35.3 Å². The molecule has 0 aromatic heterocycles. The first-order valence-electron chi connectivity index (χ1n) is 8.62. The zero-order valence-electron chi connectivity index (χ0n) is 14.5. The van der Waals surface area contributed by atoms with E-state index in [-0.39, 0.29) is 0 Å². The molecule has 5 heteroatoms. The van der Waals surface area contributed by atoms with Gasteiger partial charge in [-0.1, -0.05) is 30.3 Å². The third-order valence-corrected chi connectivity index (χ3v) is 4.72. The van der Waals surface area contributed by atoms with E-state index < -0.39 is 0 Å². The van der Waals surface area contributed by atoms with Crippen LogP contribution in [-0.4, -0.2) is 67.0 Å². The van der Waals surface area contributed by atoms with Crippen LogP contribution in [0.1, 0.15) is 18.9 Å². The number of guanidine groups is 1. The molecule has 0 atom stereocenters. The average Bonchev–Trinajstić information content (AvgIpc) is 2.59. The summed E-state index contributed by atoms with van der Waals surface area (Å²) >= 11 is 1.89. The van der Waals surface area contributed by atoms with Crippen molar-refractivity contribution in [2.24, 2.45) is 4.99 Å². The number of nitrogens with zero attached hydrogens (tertiary/aromatic N) is 3. The lowest BCUT2D eigenvalue weighted by molar-refractivity contribution is 0.172. The fraction of sp³-hybridized carbons (Fsp3) is 0.611. The SMILES string of the molecule is CCNC(=NCCCSC)N1CCN(Cc2ccccc2)CC1. The van der Waals surface area contributed by atoms with Crippen LogP contribution in [0.5, 0.6) is 0 Å². The van der Waals surface area contributed by atoms with Crippen LogP contribution in [0.3, 0.4) is 0 Å². The Morgan fingerprint density at radius 1 is 1.17 bits per heavy atom. The third kappa shape index (κ3) is 6.43. The molecular weight excluding hydrogens is 304 g/mol. The second kappa shape index (κ2) is 10.6. The predicted molar refractivity (Wildman–Crippen MR) is 102 cm³/mol. The van der Waals surface area contributed by atoms with Gasteiger partial charge in [0.25, 0.3) is 0 Å². The van der Waals surface area contributed by atoms with Gasteiger partial charge >= 0.3 is 0 Å². The van der Waals surface area contributed by atoms with Crippen molar-refractivity contribution in [3.8, 4) is 0 Å². The van der Waals surface area contributed by atoms with E-state index in [1.165, 1.54) is 11.3 Å². The predicted octanol–water partition coefficient (Wildman–Crippen LogP) is 2.52. The van der Waals surface area contributed by atoms with E-state index in [0.29, 0.717) is 0 Å². The number of benzene rings is 1. The maximum absolute atomic E-state index is 4.78. The number of thioether (sulfide) groups is 1. The van der Waals surface area contributed by atoms with Crippen LogP contribution in [0.4, 0.5) is 0 Å². The molecule has 1 aromatic carbocycles. The minimum Gasteiger partial charge on any atom is -0.357 e. The van der Waals surface area contributed by atoms with Crippen molar-refractivity contribution in [3.05, 3.63) is 35.9 Å². The molecule has 1 N–H and O–H groups in total. The summed E-state index contributed by atoms with van der Waals surface area (Å²) < 4.78 is 0. The average molecular weight is 335 g/mol. The lowest BCUT2D eigenvalue weighted by atomic mass is 10.2.